The second-order valence-corrected chi connectivity index (χ2v) is 10.4. The van der Waals surface area contributed by atoms with E-state index >= 15 is 0 Å². The molecule has 0 aliphatic carbocycles. The Balaban J connectivity index is 1.55. The van der Waals surface area contributed by atoms with Crippen molar-refractivity contribution in [2.45, 2.75) is 31.3 Å². The first-order valence-corrected chi connectivity index (χ1v) is 12.8. The Bertz CT molecular complexity index is 1630. The van der Waals surface area contributed by atoms with Crippen LogP contribution in [-0.4, -0.2) is 24.1 Å². The quantitative estimate of drug-likeness (QED) is 0.194. The topological polar surface area (TPSA) is 82.2 Å². The summed E-state index contributed by atoms with van der Waals surface area (Å²) >= 11 is 4.21. The van der Waals surface area contributed by atoms with Gasteiger partial charge in [0.05, 0.1) is 11.1 Å². The molecule has 166 valence electrons. The summed E-state index contributed by atoms with van der Waals surface area (Å²) in [7, 11) is 0. The van der Waals surface area contributed by atoms with E-state index in [1.54, 1.807) is 10.6 Å². The highest BCUT2D eigenvalue weighted by Crippen LogP contribution is 2.32. The van der Waals surface area contributed by atoms with Gasteiger partial charge in [0.25, 0.3) is 11.1 Å². The van der Waals surface area contributed by atoms with Crippen LogP contribution in [0.25, 0.3) is 26.3 Å². The van der Waals surface area contributed by atoms with Crippen molar-refractivity contribution in [3.05, 3.63) is 85.3 Å². The minimum absolute atomic E-state index is 0.0965. The lowest BCUT2D eigenvalue weighted by Crippen LogP contribution is -2.22. The van der Waals surface area contributed by atoms with Crippen molar-refractivity contribution in [3.63, 3.8) is 0 Å². The van der Waals surface area contributed by atoms with Crippen molar-refractivity contribution in [1.29, 1.82) is 0 Å². The van der Waals surface area contributed by atoms with Gasteiger partial charge in [0.15, 0.2) is 5.16 Å². The normalized spacial score (nSPS) is 11.5. The van der Waals surface area contributed by atoms with Gasteiger partial charge < -0.3 is 0 Å². The van der Waals surface area contributed by atoms with E-state index in [2.05, 4.69) is 16.7 Å². The highest BCUT2D eigenvalue weighted by molar-refractivity contribution is 7.98. The summed E-state index contributed by atoms with van der Waals surface area (Å²) in [6, 6.07) is 9.61. The molecule has 33 heavy (non-hydrogen) atoms. The van der Waals surface area contributed by atoms with Crippen molar-refractivity contribution in [2.75, 3.05) is 0 Å². The number of thiophene rings is 1. The molecule has 0 N–H and O–H groups in total. The Morgan fingerprint density at radius 1 is 1.15 bits per heavy atom. The molecule has 5 aromatic rings. The van der Waals surface area contributed by atoms with Crippen molar-refractivity contribution in [1.82, 2.24) is 24.1 Å². The fourth-order valence-electron chi connectivity index (χ4n) is 3.52. The number of fused-ring (bicyclic) bond motifs is 2. The van der Waals surface area contributed by atoms with Crippen LogP contribution in [0.2, 0.25) is 0 Å². The van der Waals surface area contributed by atoms with E-state index in [-0.39, 0.29) is 11.1 Å². The highest BCUT2D eigenvalue weighted by Gasteiger charge is 2.17. The van der Waals surface area contributed by atoms with Crippen LogP contribution in [0, 0.1) is 13.8 Å². The summed E-state index contributed by atoms with van der Waals surface area (Å²) in [5.41, 5.74) is 3.36. The van der Waals surface area contributed by atoms with Crippen LogP contribution in [0.15, 0.2) is 63.1 Å². The molecule has 0 fully saturated rings. The number of aromatic nitrogens is 5. The van der Waals surface area contributed by atoms with Gasteiger partial charge in [-0.05, 0) is 19.4 Å². The molecule has 0 aliphatic rings. The van der Waals surface area contributed by atoms with E-state index in [9.17, 15) is 9.59 Å². The zero-order valence-corrected chi connectivity index (χ0v) is 20.4. The minimum atomic E-state index is -0.215. The largest absolute Gasteiger partial charge is 0.283 e. The molecule has 0 aliphatic heterocycles. The summed E-state index contributed by atoms with van der Waals surface area (Å²) in [5, 5.41) is 8.13. The summed E-state index contributed by atoms with van der Waals surface area (Å²) in [6.07, 6.45) is 1.69. The molecular weight excluding hydrogens is 474 g/mol. The van der Waals surface area contributed by atoms with Crippen LogP contribution in [0.5, 0.6) is 0 Å². The predicted octanol–water partition coefficient (Wildman–Crippen LogP) is 4.68. The standard InChI is InChI=1S/C23H19N5O2S3/c1-4-9-27-21(30)19-17(15-7-5-13(2)6-8-15)12-31-20(19)25-22(27)32-11-16-10-18(29)28-23(24-16)33-14(3)26-28/h4-8,10,12H,1,9,11H2,2-3H3. The van der Waals surface area contributed by atoms with Gasteiger partial charge in [0.2, 0.25) is 4.96 Å². The summed E-state index contributed by atoms with van der Waals surface area (Å²) < 4.78 is 2.94. The van der Waals surface area contributed by atoms with E-state index in [1.807, 2.05) is 43.5 Å². The molecule has 1 aromatic carbocycles. The number of benzene rings is 1. The maximum absolute atomic E-state index is 13.5. The zero-order chi connectivity index (χ0) is 23.1. The molecule has 4 heterocycles. The molecule has 0 radical (unpaired) electrons. The van der Waals surface area contributed by atoms with Crippen LogP contribution in [-0.2, 0) is 12.3 Å². The van der Waals surface area contributed by atoms with Crippen LogP contribution in [0.4, 0.5) is 0 Å². The first-order valence-electron chi connectivity index (χ1n) is 10.1. The smallest absolute Gasteiger partial charge is 0.275 e. The highest BCUT2D eigenvalue weighted by atomic mass is 32.2. The van der Waals surface area contributed by atoms with Crippen molar-refractivity contribution in [2.24, 2.45) is 0 Å². The van der Waals surface area contributed by atoms with E-state index < -0.39 is 0 Å². The summed E-state index contributed by atoms with van der Waals surface area (Å²) in [6.45, 7) is 8.03. The molecule has 7 nitrogen and oxygen atoms in total. The number of allylic oxidation sites excluding steroid dienone is 1. The Morgan fingerprint density at radius 3 is 2.70 bits per heavy atom. The number of aryl methyl sites for hydroxylation is 2. The van der Waals surface area contributed by atoms with Gasteiger partial charge in [-0.3, -0.25) is 14.2 Å². The van der Waals surface area contributed by atoms with E-state index in [4.69, 9.17) is 4.98 Å². The molecule has 0 amide bonds. The monoisotopic (exact) mass is 493 g/mol. The Kier molecular flexibility index (Phi) is 5.73. The number of thioether (sulfide) groups is 1. The first kappa shape index (κ1) is 21.7. The second kappa shape index (κ2) is 8.69. The van der Waals surface area contributed by atoms with Gasteiger partial charge in [-0.2, -0.15) is 9.61 Å². The lowest BCUT2D eigenvalue weighted by atomic mass is 10.1. The first-order chi connectivity index (χ1) is 15.9. The molecule has 0 spiro atoms. The molecule has 10 heteroatoms. The number of nitrogens with zero attached hydrogens (tertiary/aromatic N) is 5. The third-order valence-corrected chi connectivity index (χ3v) is 7.79. The molecular formula is C23H19N5O2S3. The van der Waals surface area contributed by atoms with Crippen LogP contribution < -0.4 is 11.1 Å². The van der Waals surface area contributed by atoms with Crippen LogP contribution in [0.1, 0.15) is 16.3 Å². The summed E-state index contributed by atoms with van der Waals surface area (Å²) in [5.74, 6) is 0.411. The third kappa shape index (κ3) is 4.05. The number of hydrogen-bond donors (Lipinski definition) is 0. The fourth-order valence-corrected chi connectivity index (χ4v) is 6.17. The zero-order valence-electron chi connectivity index (χ0n) is 17.9. The molecule has 0 unspecified atom stereocenters. The fraction of sp³-hybridized carbons (Fsp3) is 0.174. The number of rotatable bonds is 6. The van der Waals surface area contributed by atoms with Crippen molar-refractivity contribution >= 4 is 49.6 Å². The van der Waals surface area contributed by atoms with E-state index in [1.165, 1.54) is 50.6 Å². The molecule has 0 bridgehead atoms. The molecule has 0 saturated heterocycles. The van der Waals surface area contributed by atoms with E-state index in [0.717, 1.165) is 16.1 Å². The lowest BCUT2D eigenvalue weighted by Gasteiger charge is -2.10. The van der Waals surface area contributed by atoms with E-state index in [0.29, 0.717) is 38.3 Å². The van der Waals surface area contributed by atoms with Crippen LogP contribution in [0.3, 0.4) is 0 Å². The Labute approximate surface area is 201 Å². The maximum Gasteiger partial charge on any atom is 0.275 e. The van der Waals surface area contributed by atoms with Gasteiger partial charge in [-0.15, -0.1) is 17.9 Å². The summed E-state index contributed by atoms with van der Waals surface area (Å²) in [4.78, 5) is 36.5. The predicted molar refractivity (Wildman–Crippen MR) is 136 cm³/mol. The van der Waals surface area contributed by atoms with Gasteiger partial charge in [-0.1, -0.05) is 59.0 Å². The second-order valence-electron chi connectivity index (χ2n) is 7.48. The average Bonchev–Trinajstić information content (AvgIpc) is 3.38. The van der Waals surface area contributed by atoms with Crippen LogP contribution >= 0.6 is 34.4 Å². The Hall–Kier alpha value is -3.08. The SMILES string of the molecule is C=CCn1c(SCc2cc(=O)n3nc(C)sc3n2)nc2scc(-c3ccc(C)cc3)c2c1=O. The van der Waals surface area contributed by atoms with Crippen molar-refractivity contribution in [3.8, 4) is 11.1 Å². The molecule has 0 saturated carbocycles. The van der Waals surface area contributed by atoms with Gasteiger partial charge in [-0.25, -0.2) is 9.97 Å². The molecule has 4 aromatic heterocycles. The maximum atomic E-state index is 13.5. The van der Waals surface area contributed by atoms with Gasteiger partial charge in [0, 0.05) is 29.3 Å². The van der Waals surface area contributed by atoms with Gasteiger partial charge >= 0.3 is 0 Å². The third-order valence-electron chi connectivity index (χ3n) is 5.08. The number of hydrogen-bond acceptors (Lipinski definition) is 8. The minimum Gasteiger partial charge on any atom is -0.283 e. The average molecular weight is 494 g/mol. The molecule has 0 atom stereocenters. The van der Waals surface area contributed by atoms with Gasteiger partial charge in [0.1, 0.15) is 9.84 Å². The molecule has 5 rings (SSSR count). The Morgan fingerprint density at radius 2 is 1.94 bits per heavy atom. The lowest BCUT2D eigenvalue weighted by molar-refractivity contribution is 0.673. The van der Waals surface area contributed by atoms with Crippen molar-refractivity contribution < 1.29 is 0 Å².